The van der Waals surface area contributed by atoms with Crippen molar-refractivity contribution in [1.29, 1.82) is 0 Å². The molecule has 0 radical (unpaired) electrons. The van der Waals surface area contributed by atoms with E-state index in [1.54, 1.807) is 29.0 Å². The van der Waals surface area contributed by atoms with E-state index in [-0.39, 0.29) is 17.9 Å². The summed E-state index contributed by atoms with van der Waals surface area (Å²) in [7, 11) is 1.58. The number of piperazine rings is 1. The van der Waals surface area contributed by atoms with Crippen LogP contribution in [0.25, 0.3) is 0 Å². The van der Waals surface area contributed by atoms with E-state index in [0.29, 0.717) is 50.9 Å². The van der Waals surface area contributed by atoms with Gasteiger partial charge in [-0.2, -0.15) is 0 Å². The minimum absolute atomic E-state index is 0.0509. The van der Waals surface area contributed by atoms with Crippen LogP contribution < -0.4 is 0 Å². The van der Waals surface area contributed by atoms with E-state index in [1.807, 2.05) is 0 Å². The molecular weight excluding hydrogens is 300 g/mol. The Morgan fingerprint density at radius 2 is 1.96 bits per heavy atom. The van der Waals surface area contributed by atoms with E-state index >= 15 is 0 Å². The molecule has 3 rings (SSSR count). The summed E-state index contributed by atoms with van der Waals surface area (Å²) >= 11 is 0. The molecule has 1 atom stereocenters. The molecule has 0 saturated carbocycles. The van der Waals surface area contributed by atoms with E-state index in [0.717, 1.165) is 12.8 Å². The van der Waals surface area contributed by atoms with Crippen molar-refractivity contribution in [2.45, 2.75) is 25.6 Å². The van der Waals surface area contributed by atoms with Crippen molar-refractivity contribution in [3.8, 4) is 0 Å². The van der Waals surface area contributed by atoms with Crippen molar-refractivity contribution in [1.82, 2.24) is 9.80 Å². The molecule has 1 aromatic heterocycles. The Morgan fingerprint density at radius 1 is 1.22 bits per heavy atom. The average molecular weight is 322 g/mol. The highest BCUT2D eigenvalue weighted by Crippen LogP contribution is 2.17. The number of methoxy groups -OCH3 is 1. The van der Waals surface area contributed by atoms with Gasteiger partial charge in [0.25, 0.3) is 11.8 Å². The molecule has 3 heterocycles. The Hall–Kier alpha value is -1.86. The van der Waals surface area contributed by atoms with Gasteiger partial charge in [-0.1, -0.05) is 0 Å². The van der Waals surface area contributed by atoms with Crippen LogP contribution in [0.3, 0.4) is 0 Å². The SMILES string of the molecule is COCc1ccc(C(=O)N2CCN(C(=O)C3CCCO3)CC2)o1. The van der Waals surface area contributed by atoms with E-state index in [2.05, 4.69) is 0 Å². The fraction of sp³-hybridized carbons (Fsp3) is 0.625. The number of hydrogen-bond acceptors (Lipinski definition) is 5. The predicted octanol–water partition coefficient (Wildman–Crippen LogP) is 0.889. The van der Waals surface area contributed by atoms with Crippen LogP contribution in [0.2, 0.25) is 0 Å². The summed E-state index contributed by atoms with van der Waals surface area (Å²) in [6.07, 6.45) is 1.45. The zero-order valence-electron chi connectivity index (χ0n) is 13.3. The summed E-state index contributed by atoms with van der Waals surface area (Å²) in [5.41, 5.74) is 0. The largest absolute Gasteiger partial charge is 0.453 e. The van der Waals surface area contributed by atoms with Gasteiger partial charge in [-0.3, -0.25) is 9.59 Å². The van der Waals surface area contributed by atoms with E-state index < -0.39 is 0 Å². The van der Waals surface area contributed by atoms with Gasteiger partial charge in [0, 0.05) is 39.9 Å². The lowest BCUT2D eigenvalue weighted by atomic mass is 10.2. The molecule has 126 valence electrons. The maximum atomic E-state index is 12.4. The molecule has 2 aliphatic rings. The van der Waals surface area contributed by atoms with Gasteiger partial charge in [0.05, 0.1) is 0 Å². The Morgan fingerprint density at radius 3 is 2.61 bits per heavy atom. The van der Waals surface area contributed by atoms with Crippen LogP contribution in [0.1, 0.15) is 29.2 Å². The normalized spacial score (nSPS) is 21.7. The van der Waals surface area contributed by atoms with Gasteiger partial charge >= 0.3 is 0 Å². The molecule has 0 aliphatic carbocycles. The standard InChI is InChI=1S/C16H22N2O5/c1-21-11-12-4-5-14(23-12)16(20)18-8-6-17(7-9-18)15(19)13-3-2-10-22-13/h4-5,13H,2-3,6-11H2,1H3. The number of nitrogens with zero attached hydrogens (tertiary/aromatic N) is 2. The van der Waals surface area contributed by atoms with Crippen LogP contribution in [0.4, 0.5) is 0 Å². The predicted molar refractivity (Wildman–Crippen MR) is 80.9 cm³/mol. The topological polar surface area (TPSA) is 72.2 Å². The first-order valence-corrected chi connectivity index (χ1v) is 7.96. The number of carbonyl (C=O) groups is 2. The highest BCUT2D eigenvalue weighted by molar-refractivity contribution is 5.91. The minimum atomic E-state index is -0.293. The van der Waals surface area contributed by atoms with Gasteiger partial charge in [0.1, 0.15) is 18.5 Å². The molecule has 1 unspecified atom stereocenters. The Kier molecular flexibility index (Phi) is 4.97. The van der Waals surface area contributed by atoms with Gasteiger partial charge in [0.2, 0.25) is 0 Å². The maximum absolute atomic E-state index is 12.4. The van der Waals surface area contributed by atoms with Crippen LogP contribution >= 0.6 is 0 Å². The third-order valence-corrected chi connectivity index (χ3v) is 4.24. The van der Waals surface area contributed by atoms with Crippen LogP contribution in [-0.4, -0.2) is 67.6 Å². The maximum Gasteiger partial charge on any atom is 0.289 e. The van der Waals surface area contributed by atoms with Gasteiger partial charge in [-0.05, 0) is 25.0 Å². The quantitative estimate of drug-likeness (QED) is 0.823. The second-order valence-electron chi connectivity index (χ2n) is 5.82. The van der Waals surface area contributed by atoms with Crippen LogP contribution in [0, 0.1) is 0 Å². The molecular formula is C16H22N2O5. The Labute approximate surface area is 135 Å². The molecule has 0 spiro atoms. The van der Waals surface area contributed by atoms with Gasteiger partial charge in [0.15, 0.2) is 5.76 Å². The average Bonchev–Trinajstić information content (AvgIpc) is 3.26. The lowest BCUT2D eigenvalue weighted by molar-refractivity contribution is -0.142. The molecule has 23 heavy (non-hydrogen) atoms. The summed E-state index contributed by atoms with van der Waals surface area (Å²) in [5.74, 6) is 0.852. The second kappa shape index (κ2) is 7.14. The first-order chi connectivity index (χ1) is 11.2. The summed E-state index contributed by atoms with van der Waals surface area (Å²) in [4.78, 5) is 28.2. The zero-order chi connectivity index (χ0) is 16.2. The lowest BCUT2D eigenvalue weighted by Gasteiger charge is -2.35. The van der Waals surface area contributed by atoms with E-state index in [4.69, 9.17) is 13.9 Å². The van der Waals surface area contributed by atoms with Gasteiger partial charge in [-0.25, -0.2) is 0 Å². The molecule has 0 bridgehead atoms. The molecule has 2 fully saturated rings. The van der Waals surface area contributed by atoms with Crippen molar-refractivity contribution < 1.29 is 23.5 Å². The zero-order valence-corrected chi connectivity index (χ0v) is 13.3. The number of carbonyl (C=O) groups excluding carboxylic acids is 2. The van der Waals surface area contributed by atoms with Crippen molar-refractivity contribution >= 4 is 11.8 Å². The number of amides is 2. The smallest absolute Gasteiger partial charge is 0.289 e. The van der Waals surface area contributed by atoms with Crippen molar-refractivity contribution in [2.75, 3.05) is 39.9 Å². The third-order valence-electron chi connectivity index (χ3n) is 4.24. The molecule has 2 amide bonds. The Balaban J connectivity index is 1.53. The number of hydrogen-bond donors (Lipinski definition) is 0. The van der Waals surface area contributed by atoms with Crippen molar-refractivity contribution in [3.63, 3.8) is 0 Å². The van der Waals surface area contributed by atoms with E-state index in [1.165, 1.54) is 0 Å². The molecule has 2 saturated heterocycles. The molecule has 0 N–H and O–H groups in total. The lowest BCUT2D eigenvalue weighted by Crippen LogP contribution is -2.52. The van der Waals surface area contributed by atoms with Crippen LogP contribution in [0.15, 0.2) is 16.5 Å². The summed E-state index contributed by atoms with van der Waals surface area (Å²) < 4.78 is 15.9. The van der Waals surface area contributed by atoms with Gasteiger partial charge in [-0.15, -0.1) is 0 Å². The number of ether oxygens (including phenoxy) is 2. The van der Waals surface area contributed by atoms with Crippen molar-refractivity contribution in [3.05, 3.63) is 23.7 Å². The fourth-order valence-corrected chi connectivity index (χ4v) is 2.97. The summed E-state index contributed by atoms with van der Waals surface area (Å²) in [6, 6.07) is 3.41. The monoisotopic (exact) mass is 322 g/mol. The molecule has 2 aliphatic heterocycles. The minimum Gasteiger partial charge on any atom is -0.453 e. The number of rotatable bonds is 4. The Bertz CT molecular complexity index is 557. The van der Waals surface area contributed by atoms with Crippen LogP contribution in [0.5, 0.6) is 0 Å². The van der Waals surface area contributed by atoms with E-state index in [9.17, 15) is 9.59 Å². The molecule has 7 nitrogen and oxygen atoms in total. The van der Waals surface area contributed by atoms with Gasteiger partial charge < -0.3 is 23.7 Å². The van der Waals surface area contributed by atoms with Crippen LogP contribution in [-0.2, 0) is 20.9 Å². The summed E-state index contributed by atoms with van der Waals surface area (Å²) in [6.45, 7) is 3.11. The molecule has 1 aromatic rings. The first kappa shape index (κ1) is 16.0. The van der Waals surface area contributed by atoms with Crippen molar-refractivity contribution in [2.24, 2.45) is 0 Å². The highest BCUT2D eigenvalue weighted by Gasteiger charge is 2.32. The number of furan rings is 1. The molecule has 0 aromatic carbocycles. The highest BCUT2D eigenvalue weighted by atomic mass is 16.5. The fourth-order valence-electron chi connectivity index (χ4n) is 2.97. The molecule has 7 heteroatoms. The second-order valence-corrected chi connectivity index (χ2v) is 5.82. The first-order valence-electron chi connectivity index (χ1n) is 7.96. The third kappa shape index (κ3) is 3.56. The summed E-state index contributed by atoms with van der Waals surface area (Å²) in [5, 5.41) is 0.